The van der Waals surface area contributed by atoms with Crippen LogP contribution in [0.15, 0.2) is 23.0 Å². The number of nitrogens with one attached hydrogen (secondary N) is 1. The molecule has 8 nitrogen and oxygen atoms in total. The Bertz CT molecular complexity index is 872. The molecule has 8 heteroatoms. The molecule has 0 saturated carbocycles. The van der Waals surface area contributed by atoms with Gasteiger partial charge in [-0.05, 0) is 25.0 Å². The summed E-state index contributed by atoms with van der Waals surface area (Å²) in [7, 11) is 3.07. The molecule has 0 aliphatic carbocycles. The Kier molecular flexibility index (Phi) is 5.98. The van der Waals surface area contributed by atoms with E-state index >= 15 is 0 Å². The lowest BCUT2D eigenvalue weighted by molar-refractivity contribution is -0.142. The minimum Gasteiger partial charge on any atom is -0.493 e. The van der Waals surface area contributed by atoms with E-state index in [1.165, 1.54) is 12.0 Å². The van der Waals surface area contributed by atoms with Crippen molar-refractivity contribution in [2.75, 3.05) is 34.0 Å². The third-order valence-electron chi connectivity index (χ3n) is 4.67. The van der Waals surface area contributed by atoms with E-state index in [-0.39, 0.29) is 31.2 Å². The second-order valence-corrected chi connectivity index (χ2v) is 6.40. The lowest BCUT2D eigenvalue weighted by Gasteiger charge is -2.24. The van der Waals surface area contributed by atoms with Gasteiger partial charge in [-0.2, -0.15) is 0 Å². The first-order valence-corrected chi connectivity index (χ1v) is 8.86. The highest BCUT2D eigenvalue weighted by molar-refractivity contribution is 5.84. The maximum atomic E-state index is 12.6. The number of rotatable bonds is 7. The molecule has 1 aliphatic rings. The normalized spacial score (nSPS) is 16.5. The van der Waals surface area contributed by atoms with Crippen LogP contribution in [0.3, 0.4) is 0 Å². The quantitative estimate of drug-likeness (QED) is 0.749. The SMILES string of the molecule is COc1cc2cc(CN(CCO)C(=O)C3CCCO3)c(=O)[nH]c2cc1OC. The highest BCUT2D eigenvalue weighted by Crippen LogP contribution is 2.31. The summed E-state index contributed by atoms with van der Waals surface area (Å²) >= 11 is 0. The van der Waals surface area contributed by atoms with Crippen molar-refractivity contribution in [3.8, 4) is 11.5 Å². The van der Waals surface area contributed by atoms with Gasteiger partial charge < -0.3 is 29.2 Å². The second kappa shape index (κ2) is 8.41. The molecule has 2 N–H and O–H groups in total. The molecule has 3 rings (SSSR count). The smallest absolute Gasteiger partial charge is 0.253 e. The molecule has 1 saturated heterocycles. The summed E-state index contributed by atoms with van der Waals surface area (Å²) in [4.78, 5) is 29.4. The molecule has 2 heterocycles. The largest absolute Gasteiger partial charge is 0.493 e. The summed E-state index contributed by atoms with van der Waals surface area (Å²) in [5.74, 6) is 0.864. The van der Waals surface area contributed by atoms with Crippen LogP contribution >= 0.6 is 0 Å². The molecule has 1 atom stereocenters. The highest BCUT2D eigenvalue weighted by Gasteiger charge is 2.28. The van der Waals surface area contributed by atoms with Crippen LogP contribution in [-0.4, -0.2) is 61.0 Å². The summed E-state index contributed by atoms with van der Waals surface area (Å²) in [5, 5.41) is 10.1. The van der Waals surface area contributed by atoms with Gasteiger partial charge in [-0.25, -0.2) is 0 Å². The van der Waals surface area contributed by atoms with Crippen LogP contribution in [0.25, 0.3) is 10.9 Å². The van der Waals surface area contributed by atoms with E-state index in [9.17, 15) is 14.7 Å². The van der Waals surface area contributed by atoms with E-state index in [2.05, 4.69) is 4.98 Å². The predicted molar refractivity (Wildman–Crippen MR) is 99.1 cm³/mol. The minimum atomic E-state index is -0.500. The topological polar surface area (TPSA) is 101 Å². The molecule has 1 aliphatic heterocycles. The van der Waals surface area contributed by atoms with Crippen LogP contribution in [0.4, 0.5) is 0 Å². The summed E-state index contributed by atoms with van der Waals surface area (Å²) in [6.07, 6.45) is 0.994. The first-order valence-electron chi connectivity index (χ1n) is 8.86. The first-order chi connectivity index (χ1) is 13.1. The van der Waals surface area contributed by atoms with Gasteiger partial charge in [0.25, 0.3) is 11.5 Å². The number of nitrogens with zero attached hydrogens (tertiary/aromatic N) is 1. The van der Waals surface area contributed by atoms with Gasteiger partial charge in [0.05, 0.1) is 32.9 Å². The van der Waals surface area contributed by atoms with E-state index in [0.29, 0.717) is 35.6 Å². The van der Waals surface area contributed by atoms with Crippen molar-refractivity contribution in [1.82, 2.24) is 9.88 Å². The van der Waals surface area contributed by atoms with Crippen LogP contribution in [-0.2, 0) is 16.1 Å². The number of methoxy groups -OCH3 is 2. The Labute approximate surface area is 156 Å². The van der Waals surface area contributed by atoms with Crippen LogP contribution in [0, 0.1) is 0 Å². The fraction of sp³-hybridized carbons (Fsp3) is 0.474. The van der Waals surface area contributed by atoms with Gasteiger partial charge in [-0.15, -0.1) is 0 Å². The number of ether oxygens (including phenoxy) is 3. The number of aromatic nitrogens is 1. The Morgan fingerprint density at radius 1 is 1.30 bits per heavy atom. The Morgan fingerprint density at radius 2 is 2.04 bits per heavy atom. The van der Waals surface area contributed by atoms with Crippen molar-refractivity contribution in [1.29, 1.82) is 0 Å². The summed E-state index contributed by atoms with van der Waals surface area (Å²) < 4.78 is 16.0. The molecule has 1 fully saturated rings. The highest BCUT2D eigenvalue weighted by atomic mass is 16.5. The monoisotopic (exact) mass is 376 g/mol. The number of aliphatic hydroxyl groups is 1. The average molecular weight is 376 g/mol. The maximum absolute atomic E-state index is 12.6. The Hall–Kier alpha value is -2.58. The molecular formula is C19H24N2O6. The van der Waals surface area contributed by atoms with Gasteiger partial charge in [0.1, 0.15) is 6.10 Å². The number of amides is 1. The lowest BCUT2D eigenvalue weighted by Crippen LogP contribution is -2.41. The Morgan fingerprint density at radius 3 is 2.67 bits per heavy atom. The van der Waals surface area contributed by atoms with Gasteiger partial charge in [0, 0.05) is 30.2 Å². The zero-order chi connectivity index (χ0) is 19.4. The number of H-pyrrole nitrogens is 1. The average Bonchev–Trinajstić information content (AvgIpc) is 3.21. The van der Waals surface area contributed by atoms with E-state index in [4.69, 9.17) is 14.2 Å². The number of benzene rings is 1. The zero-order valence-electron chi connectivity index (χ0n) is 15.5. The van der Waals surface area contributed by atoms with E-state index in [1.54, 1.807) is 25.3 Å². The van der Waals surface area contributed by atoms with E-state index < -0.39 is 6.10 Å². The van der Waals surface area contributed by atoms with Gasteiger partial charge in [0.15, 0.2) is 11.5 Å². The number of carbonyl (C=O) groups excluding carboxylic acids is 1. The Balaban J connectivity index is 1.92. The number of aromatic amines is 1. The molecular weight excluding hydrogens is 352 g/mol. The molecule has 0 spiro atoms. The molecule has 146 valence electrons. The second-order valence-electron chi connectivity index (χ2n) is 6.40. The summed E-state index contributed by atoms with van der Waals surface area (Å²) in [5.41, 5.74) is 0.743. The van der Waals surface area contributed by atoms with Crippen LogP contribution in [0.1, 0.15) is 18.4 Å². The molecule has 27 heavy (non-hydrogen) atoms. The molecule has 1 aromatic carbocycles. The van der Waals surface area contributed by atoms with Crippen molar-refractivity contribution in [3.05, 3.63) is 34.1 Å². The minimum absolute atomic E-state index is 0.0961. The van der Waals surface area contributed by atoms with Crippen molar-refractivity contribution in [2.24, 2.45) is 0 Å². The fourth-order valence-electron chi connectivity index (χ4n) is 3.27. The predicted octanol–water partition coefficient (Wildman–Crippen LogP) is 1.05. The lowest BCUT2D eigenvalue weighted by atomic mass is 10.1. The number of aliphatic hydroxyl groups excluding tert-OH is 1. The molecule has 2 aromatic rings. The molecule has 1 unspecified atom stereocenters. The number of hydrogen-bond donors (Lipinski definition) is 2. The molecule has 0 radical (unpaired) electrons. The molecule has 1 amide bonds. The third-order valence-corrected chi connectivity index (χ3v) is 4.67. The number of carbonyl (C=O) groups is 1. The fourth-order valence-corrected chi connectivity index (χ4v) is 3.27. The number of pyridine rings is 1. The van der Waals surface area contributed by atoms with Crippen molar-refractivity contribution in [2.45, 2.75) is 25.5 Å². The third kappa shape index (κ3) is 4.06. The van der Waals surface area contributed by atoms with Gasteiger partial charge in [-0.1, -0.05) is 0 Å². The molecule has 1 aromatic heterocycles. The van der Waals surface area contributed by atoms with Crippen molar-refractivity contribution in [3.63, 3.8) is 0 Å². The first kappa shape index (κ1) is 19.2. The van der Waals surface area contributed by atoms with Gasteiger partial charge in [0.2, 0.25) is 0 Å². The van der Waals surface area contributed by atoms with Gasteiger partial charge in [-0.3, -0.25) is 9.59 Å². The zero-order valence-corrected chi connectivity index (χ0v) is 15.5. The molecule has 0 bridgehead atoms. The van der Waals surface area contributed by atoms with Crippen molar-refractivity contribution >= 4 is 16.8 Å². The van der Waals surface area contributed by atoms with E-state index in [0.717, 1.165) is 11.8 Å². The van der Waals surface area contributed by atoms with Gasteiger partial charge >= 0.3 is 0 Å². The van der Waals surface area contributed by atoms with E-state index in [1.807, 2.05) is 0 Å². The standard InChI is InChI=1S/C19H24N2O6/c1-25-16-9-12-8-13(18(23)20-14(12)10-17(16)26-2)11-21(5-6-22)19(24)15-4-3-7-27-15/h8-10,15,22H,3-7,11H2,1-2H3,(H,20,23). The summed E-state index contributed by atoms with van der Waals surface area (Å²) in [6.45, 7) is 0.609. The van der Waals surface area contributed by atoms with Crippen molar-refractivity contribution < 1.29 is 24.1 Å². The summed E-state index contributed by atoms with van der Waals surface area (Å²) in [6, 6.07) is 5.19. The van der Waals surface area contributed by atoms with Crippen LogP contribution in [0.2, 0.25) is 0 Å². The van der Waals surface area contributed by atoms with Crippen LogP contribution in [0.5, 0.6) is 11.5 Å². The maximum Gasteiger partial charge on any atom is 0.253 e. The van der Waals surface area contributed by atoms with Crippen LogP contribution < -0.4 is 15.0 Å². The number of fused-ring (bicyclic) bond motifs is 1. The number of hydrogen-bond acceptors (Lipinski definition) is 6.